The fourth-order valence-corrected chi connectivity index (χ4v) is 4.52. The molecule has 0 atom stereocenters. The summed E-state index contributed by atoms with van der Waals surface area (Å²) in [6.07, 6.45) is 3.52. The van der Waals surface area contributed by atoms with E-state index >= 15 is 0 Å². The second-order valence-electron chi connectivity index (χ2n) is 9.31. The van der Waals surface area contributed by atoms with Crippen molar-refractivity contribution in [1.29, 1.82) is 0 Å². The molecule has 2 amide bonds. The second-order valence-corrected chi connectivity index (χ2v) is 9.75. The van der Waals surface area contributed by atoms with Crippen LogP contribution in [0.25, 0.3) is 16.9 Å². The molecule has 1 fully saturated rings. The third-order valence-corrected chi connectivity index (χ3v) is 6.87. The number of imidazole rings is 1. The molecule has 5 rings (SSSR count). The first-order chi connectivity index (χ1) is 19.4. The predicted octanol–water partition coefficient (Wildman–Crippen LogP) is 5.46. The van der Waals surface area contributed by atoms with Crippen molar-refractivity contribution in [2.75, 3.05) is 33.2 Å². The van der Waals surface area contributed by atoms with Gasteiger partial charge in [0.05, 0.1) is 32.7 Å². The maximum atomic E-state index is 13.4. The number of rotatable bonds is 10. The van der Waals surface area contributed by atoms with Crippen molar-refractivity contribution in [2.24, 2.45) is 0 Å². The van der Waals surface area contributed by atoms with Crippen LogP contribution in [0, 0.1) is 0 Å². The Bertz CT molecular complexity index is 1530. The molecule has 0 unspecified atom stereocenters. The molecule has 1 aliphatic rings. The van der Waals surface area contributed by atoms with Crippen molar-refractivity contribution < 1.29 is 23.8 Å². The smallest absolute Gasteiger partial charge is 0.254 e. The number of aromatic nitrogens is 2. The summed E-state index contributed by atoms with van der Waals surface area (Å²) in [5.41, 5.74) is 2.63. The lowest BCUT2D eigenvalue weighted by Crippen LogP contribution is -2.39. The highest BCUT2D eigenvalue weighted by Crippen LogP contribution is 2.33. The van der Waals surface area contributed by atoms with Crippen molar-refractivity contribution in [3.63, 3.8) is 0 Å². The number of nitrogens with one attached hydrogen (secondary N) is 1. The zero-order chi connectivity index (χ0) is 28.2. The number of carbonyl (C=O) groups is 2. The third-order valence-electron chi connectivity index (χ3n) is 6.62. The van der Waals surface area contributed by atoms with Crippen molar-refractivity contribution in [2.45, 2.75) is 18.9 Å². The molecule has 1 heterocycles. The fraction of sp³-hybridized carbons (Fsp3) is 0.233. The average molecular weight is 561 g/mol. The quantitative estimate of drug-likeness (QED) is 0.277. The lowest BCUT2D eigenvalue weighted by atomic mass is 10.2. The van der Waals surface area contributed by atoms with Crippen LogP contribution in [0.4, 0.5) is 5.95 Å². The summed E-state index contributed by atoms with van der Waals surface area (Å²) in [6.45, 7) is -0.115. The standard InChI is InChI=1S/C30H29ClN4O5/c1-38-24-6-4-5-20(15-24)29(37)34(22-11-12-22)18-28(36)33-30-32-25(19-7-9-21(31)10-8-19)17-35(30)23-13-14-26(39-2)27(16-23)40-3/h4-10,13-17,22H,11-12,18H2,1-3H3,(H,32,33,36). The summed E-state index contributed by atoms with van der Waals surface area (Å²) in [7, 11) is 4.68. The SMILES string of the molecule is COc1cccc(C(=O)N(CC(=O)Nc2nc(-c3ccc(Cl)cc3)cn2-c2ccc(OC)c(OC)c2)C2CC2)c1. The van der Waals surface area contributed by atoms with Crippen LogP contribution in [0.5, 0.6) is 17.2 Å². The number of carbonyl (C=O) groups excluding carboxylic acids is 2. The third kappa shape index (κ3) is 5.89. The maximum absolute atomic E-state index is 13.4. The van der Waals surface area contributed by atoms with Crippen molar-refractivity contribution in [1.82, 2.24) is 14.5 Å². The van der Waals surface area contributed by atoms with Crippen LogP contribution in [0.3, 0.4) is 0 Å². The highest BCUT2D eigenvalue weighted by Gasteiger charge is 2.34. The van der Waals surface area contributed by atoms with E-state index in [1.807, 2.05) is 24.4 Å². The number of benzene rings is 3. The summed E-state index contributed by atoms with van der Waals surface area (Å²) in [6, 6.07) is 19.6. The summed E-state index contributed by atoms with van der Waals surface area (Å²) in [5, 5.41) is 3.52. The molecule has 0 spiro atoms. The molecule has 1 aliphatic carbocycles. The fourth-order valence-electron chi connectivity index (χ4n) is 4.39. The van der Waals surface area contributed by atoms with Gasteiger partial charge in [0, 0.05) is 34.5 Å². The molecule has 206 valence electrons. The summed E-state index contributed by atoms with van der Waals surface area (Å²) >= 11 is 6.08. The van der Waals surface area contributed by atoms with Gasteiger partial charge in [0.2, 0.25) is 11.9 Å². The number of hydrogen-bond acceptors (Lipinski definition) is 6. The molecule has 1 N–H and O–H groups in total. The maximum Gasteiger partial charge on any atom is 0.254 e. The Morgan fingerprint density at radius 1 is 0.975 bits per heavy atom. The molecule has 1 aromatic heterocycles. The predicted molar refractivity (Wildman–Crippen MR) is 153 cm³/mol. The van der Waals surface area contributed by atoms with E-state index in [2.05, 4.69) is 5.32 Å². The lowest BCUT2D eigenvalue weighted by Gasteiger charge is -2.22. The second kappa shape index (κ2) is 11.7. The topological polar surface area (TPSA) is 94.9 Å². The van der Waals surface area contributed by atoms with Crippen LogP contribution < -0.4 is 19.5 Å². The van der Waals surface area contributed by atoms with Gasteiger partial charge in [0.25, 0.3) is 5.91 Å². The summed E-state index contributed by atoms with van der Waals surface area (Å²) in [5.74, 6) is 1.40. The molecule has 0 radical (unpaired) electrons. The monoisotopic (exact) mass is 560 g/mol. The summed E-state index contributed by atoms with van der Waals surface area (Å²) < 4.78 is 17.9. The first-order valence-corrected chi connectivity index (χ1v) is 13.1. The van der Waals surface area contributed by atoms with Crippen LogP contribution in [0.1, 0.15) is 23.2 Å². The Morgan fingerprint density at radius 2 is 1.73 bits per heavy atom. The zero-order valence-electron chi connectivity index (χ0n) is 22.4. The zero-order valence-corrected chi connectivity index (χ0v) is 23.1. The first-order valence-electron chi connectivity index (χ1n) is 12.7. The number of halogens is 1. The first kappa shape index (κ1) is 27.1. The van der Waals surface area contributed by atoms with E-state index in [0.717, 1.165) is 18.4 Å². The van der Waals surface area contributed by atoms with Gasteiger partial charge in [-0.2, -0.15) is 0 Å². The van der Waals surface area contributed by atoms with Gasteiger partial charge in [-0.15, -0.1) is 0 Å². The van der Waals surface area contributed by atoms with Gasteiger partial charge in [-0.3, -0.25) is 19.5 Å². The minimum absolute atomic E-state index is 0.0136. The highest BCUT2D eigenvalue weighted by molar-refractivity contribution is 6.30. The average Bonchev–Trinajstić information content (AvgIpc) is 3.75. The molecular weight excluding hydrogens is 532 g/mol. The van der Waals surface area contributed by atoms with Gasteiger partial charge in [-0.05, 0) is 55.3 Å². The molecule has 4 aromatic rings. The molecule has 0 bridgehead atoms. The Hall–Kier alpha value is -4.50. The number of amides is 2. The Kier molecular flexibility index (Phi) is 7.93. The molecule has 0 aliphatic heterocycles. The normalized spacial score (nSPS) is 12.5. The Labute approximate surface area is 237 Å². The molecule has 3 aromatic carbocycles. The van der Waals surface area contributed by atoms with Crippen LogP contribution in [0.2, 0.25) is 5.02 Å². The van der Waals surface area contributed by atoms with Gasteiger partial charge in [0.15, 0.2) is 11.5 Å². The lowest BCUT2D eigenvalue weighted by molar-refractivity contribution is -0.117. The van der Waals surface area contributed by atoms with E-state index in [0.29, 0.717) is 45.2 Å². The van der Waals surface area contributed by atoms with E-state index in [-0.39, 0.29) is 24.4 Å². The number of ether oxygens (including phenoxy) is 3. The van der Waals surface area contributed by atoms with Crippen molar-refractivity contribution in [3.8, 4) is 34.2 Å². The molecule has 40 heavy (non-hydrogen) atoms. The molecule has 0 saturated heterocycles. The highest BCUT2D eigenvalue weighted by atomic mass is 35.5. The van der Waals surface area contributed by atoms with Crippen molar-refractivity contribution >= 4 is 29.4 Å². The molecule has 10 heteroatoms. The van der Waals surface area contributed by atoms with Crippen molar-refractivity contribution in [3.05, 3.63) is 83.5 Å². The van der Waals surface area contributed by atoms with Gasteiger partial charge in [0.1, 0.15) is 12.3 Å². The van der Waals surface area contributed by atoms with Gasteiger partial charge < -0.3 is 19.1 Å². The van der Waals surface area contributed by atoms with Crippen LogP contribution in [0.15, 0.2) is 72.9 Å². The van der Waals surface area contributed by atoms with E-state index in [1.54, 1.807) is 79.3 Å². The van der Waals surface area contributed by atoms with E-state index in [4.69, 9.17) is 30.8 Å². The van der Waals surface area contributed by atoms with Gasteiger partial charge >= 0.3 is 0 Å². The number of hydrogen-bond donors (Lipinski definition) is 1. The molecular formula is C30H29ClN4O5. The van der Waals surface area contributed by atoms with Crippen LogP contribution in [-0.2, 0) is 4.79 Å². The number of methoxy groups -OCH3 is 3. The number of anilines is 1. The minimum atomic E-state index is -0.363. The van der Waals surface area contributed by atoms with E-state index in [1.165, 1.54) is 0 Å². The minimum Gasteiger partial charge on any atom is -0.497 e. The molecule has 9 nitrogen and oxygen atoms in total. The number of nitrogens with zero attached hydrogens (tertiary/aromatic N) is 3. The van der Waals surface area contributed by atoms with Gasteiger partial charge in [-0.25, -0.2) is 4.98 Å². The largest absolute Gasteiger partial charge is 0.497 e. The van der Waals surface area contributed by atoms with Crippen LogP contribution >= 0.6 is 11.6 Å². The van der Waals surface area contributed by atoms with Gasteiger partial charge in [-0.1, -0.05) is 29.8 Å². The Morgan fingerprint density at radius 3 is 2.40 bits per heavy atom. The van der Waals surface area contributed by atoms with E-state index < -0.39 is 0 Å². The summed E-state index contributed by atoms with van der Waals surface area (Å²) in [4.78, 5) is 33.0. The van der Waals surface area contributed by atoms with E-state index in [9.17, 15) is 9.59 Å². The Balaban J connectivity index is 1.44. The van der Waals surface area contributed by atoms with Crippen LogP contribution in [-0.4, -0.2) is 60.2 Å². The molecule has 1 saturated carbocycles.